The van der Waals surface area contributed by atoms with Crippen molar-refractivity contribution < 1.29 is 14.6 Å². The van der Waals surface area contributed by atoms with Gasteiger partial charge in [-0.15, -0.1) is 0 Å². The van der Waals surface area contributed by atoms with Crippen molar-refractivity contribution in [1.29, 1.82) is 0 Å². The molecule has 2 unspecified atom stereocenters. The fourth-order valence-electron chi connectivity index (χ4n) is 1.51. The summed E-state index contributed by atoms with van der Waals surface area (Å²) >= 11 is 0. The first-order valence-electron chi connectivity index (χ1n) is 5.26. The van der Waals surface area contributed by atoms with E-state index >= 15 is 0 Å². The van der Waals surface area contributed by atoms with Crippen molar-refractivity contribution >= 4 is 18.1 Å². The zero-order valence-electron chi connectivity index (χ0n) is 9.11. The van der Waals surface area contributed by atoms with Crippen LogP contribution in [0.5, 0.6) is 0 Å². The maximum atomic E-state index is 10.8. The first-order chi connectivity index (χ1) is 8.15. The molecule has 0 aromatic heterocycles. The number of nitrogens with zero attached hydrogens (tertiary/aromatic N) is 2. The average molecular weight is 235 g/mol. The van der Waals surface area contributed by atoms with Crippen molar-refractivity contribution in [2.75, 3.05) is 6.54 Å². The van der Waals surface area contributed by atoms with E-state index in [1.54, 1.807) is 6.08 Å². The number of aliphatic carboxylic acids is 1. The maximum Gasteiger partial charge on any atom is 0.330 e. The van der Waals surface area contributed by atoms with Crippen LogP contribution < -0.4 is 5.73 Å². The summed E-state index contributed by atoms with van der Waals surface area (Å²) in [6.07, 6.45) is 7.35. The highest BCUT2D eigenvalue weighted by Gasteiger charge is 2.21. The molecule has 1 aliphatic carbocycles. The van der Waals surface area contributed by atoms with E-state index in [1.807, 2.05) is 12.2 Å². The second kappa shape index (κ2) is 4.82. The van der Waals surface area contributed by atoms with Gasteiger partial charge in [0.2, 0.25) is 5.90 Å². The average Bonchev–Trinajstić information content (AvgIpc) is 2.32. The molecule has 0 aromatic carbocycles. The van der Waals surface area contributed by atoms with Crippen LogP contribution in [0.1, 0.15) is 6.42 Å². The molecule has 1 aliphatic heterocycles. The molecular formula is C11H13N3O3. The quantitative estimate of drug-likeness (QED) is 0.709. The first-order valence-corrected chi connectivity index (χ1v) is 5.26. The number of aliphatic imine (C=N–C) groups is 2. The minimum Gasteiger partial charge on any atom is -0.480 e. The first kappa shape index (κ1) is 11.4. The molecule has 0 radical (unpaired) electrons. The van der Waals surface area contributed by atoms with Crippen LogP contribution in [-0.4, -0.2) is 41.9 Å². The SMILES string of the molecule is NC1=CCC(OC2=NC(C(=O)O)CN=C2)C=C1. The van der Waals surface area contributed by atoms with Crippen LogP contribution in [0.25, 0.3) is 0 Å². The van der Waals surface area contributed by atoms with E-state index in [0.717, 1.165) is 0 Å². The molecule has 6 nitrogen and oxygen atoms in total. The van der Waals surface area contributed by atoms with E-state index in [0.29, 0.717) is 12.1 Å². The Morgan fingerprint density at radius 1 is 1.59 bits per heavy atom. The Balaban J connectivity index is 1.97. The van der Waals surface area contributed by atoms with Gasteiger partial charge in [-0.25, -0.2) is 9.79 Å². The Morgan fingerprint density at radius 3 is 3.06 bits per heavy atom. The van der Waals surface area contributed by atoms with Crippen LogP contribution in [0.3, 0.4) is 0 Å². The fraction of sp³-hybridized carbons (Fsp3) is 0.364. The monoisotopic (exact) mass is 235 g/mol. The normalized spacial score (nSPS) is 27.3. The van der Waals surface area contributed by atoms with Gasteiger partial charge in [-0.2, -0.15) is 0 Å². The van der Waals surface area contributed by atoms with Crippen LogP contribution >= 0.6 is 0 Å². The van der Waals surface area contributed by atoms with Crippen molar-refractivity contribution in [3.05, 3.63) is 23.9 Å². The third kappa shape index (κ3) is 2.93. The zero-order valence-corrected chi connectivity index (χ0v) is 9.11. The van der Waals surface area contributed by atoms with E-state index in [2.05, 4.69) is 9.98 Å². The molecule has 1 heterocycles. The Morgan fingerprint density at radius 2 is 2.41 bits per heavy atom. The molecule has 0 aromatic rings. The summed E-state index contributed by atoms with van der Waals surface area (Å²) in [6.45, 7) is 0.162. The summed E-state index contributed by atoms with van der Waals surface area (Å²) in [6, 6.07) is -0.844. The summed E-state index contributed by atoms with van der Waals surface area (Å²) in [4.78, 5) is 18.6. The lowest BCUT2D eigenvalue weighted by Crippen LogP contribution is -2.29. The zero-order chi connectivity index (χ0) is 12.3. The molecule has 2 rings (SSSR count). The number of carboxylic acids is 1. The molecule has 0 amide bonds. The maximum absolute atomic E-state index is 10.8. The smallest absolute Gasteiger partial charge is 0.330 e. The molecule has 2 atom stereocenters. The number of hydrogen-bond acceptors (Lipinski definition) is 5. The van der Waals surface area contributed by atoms with Gasteiger partial charge >= 0.3 is 5.97 Å². The number of nitrogens with two attached hydrogens (primary N) is 1. The topological polar surface area (TPSA) is 97.3 Å². The minimum atomic E-state index is -0.994. The van der Waals surface area contributed by atoms with Crippen LogP contribution in [0, 0.1) is 0 Å². The van der Waals surface area contributed by atoms with Gasteiger partial charge < -0.3 is 15.6 Å². The third-order valence-electron chi connectivity index (χ3n) is 2.41. The molecule has 3 N–H and O–H groups in total. The molecule has 0 bridgehead atoms. The lowest BCUT2D eigenvalue weighted by Gasteiger charge is -2.19. The van der Waals surface area contributed by atoms with Gasteiger partial charge in [-0.3, -0.25) is 4.99 Å². The number of rotatable bonds is 2. The second-order valence-corrected chi connectivity index (χ2v) is 3.77. The summed E-state index contributed by atoms with van der Waals surface area (Å²) < 4.78 is 5.51. The Bertz CT molecular complexity index is 437. The van der Waals surface area contributed by atoms with Crippen LogP contribution in [0.2, 0.25) is 0 Å². The molecule has 0 fully saturated rings. The molecule has 0 spiro atoms. The summed E-state index contributed by atoms with van der Waals surface area (Å²) in [5.74, 6) is -0.738. The van der Waals surface area contributed by atoms with Gasteiger partial charge in [0.05, 0.1) is 12.8 Å². The van der Waals surface area contributed by atoms with E-state index in [-0.39, 0.29) is 18.5 Å². The lowest BCUT2D eigenvalue weighted by atomic mass is 10.1. The highest BCUT2D eigenvalue weighted by molar-refractivity contribution is 6.27. The number of carbonyl (C=O) groups is 1. The standard InChI is InChI=1S/C11H13N3O3/c12-7-1-3-8(4-2-7)17-10-6-13-5-9(14-10)11(15)16/h1-3,6,8-9H,4-5,12H2,(H,15,16). The Kier molecular flexibility index (Phi) is 3.22. The Labute approximate surface area is 98.2 Å². The van der Waals surface area contributed by atoms with Crippen molar-refractivity contribution in [2.24, 2.45) is 15.7 Å². The molecule has 17 heavy (non-hydrogen) atoms. The molecule has 0 saturated heterocycles. The van der Waals surface area contributed by atoms with Crippen molar-refractivity contribution in [3.63, 3.8) is 0 Å². The third-order valence-corrected chi connectivity index (χ3v) is 2.41. The Hall–Kier alpha value is -2.11. The van der Waals surface area contributed by atoms with E-state index in [1.165, 1.54) is 6.21 Å². The predicted molar refractivity (Wildman–Crippen MR) is 63.1 cm³/mol. The van der Waals surface area contributed by atoms with Crippen LogP contribution in [0.15, 0.2) is 33.9 Å². The van der Waals surface area contributed by atoms with E-state index in [9.17, 15) is 4.79 Å². The van der Waals surface area contributed by atoms with Crippen LogP contribution in [-0.2, 0) is 9.53 Å². The van der Waals surface area contributed by atoms with Gasteiger partial charge in [-0.1, -0.05) is 6.08 Å². The van der Waals surface area contributed by atoms with Gasteiger partial charge in [0.1, 0.15) is 6.10 Å². The van der Waals surface area contributed by atoms with E-state index < -0.39 is 12.0 Å². The van der Waals surface area contributed by atoms with Crippen molar-refractivity contribution in [2.45, 2.75) is 18.6 Å². The number of ether oxygens (including phenoxy) is 1. The summed E-state index contributed by atoms with van der Waals surface area (Å²) in [5.41, 5.74) is 6.28. The van der Waals surface area contributed by atoms with Gasteiger partial charge in [-0.05, 0) is 12.2 Å². The molecule has 6 heteroatoms. The van der Waals surface area contributed by atoms with E-state index in [4.69, 9.17) is 15.6 Å². The second-order valence-electron chi connectivity index (χ2n) is 3.77. The van der Waals surface area contributed by atoms with Gasteiger partial charge in [0.25, 0.3) is 0 Å². The van der Waals surface area contributed by atoms with Gasteiger partial charge in [0.15, 0.2) is 6.04 Å². The highest BCUT2D eigenvalue weighted by atomic mass is 16.5. The number of allylic oxidation sites excluding steroid dienone is 1. The fourth-order valence-corrected chi connectivity index (χ4v) is 1.51. The predicted octanol–water partition coefficient (Wildman–Crippen LogP) is 0.110. The molecule has 0 saturated carbocycles. The largest absolute Gasteiger partial charge is 0.480 e. The number of carboxylic acid groups (broad SMARTS) is 1. The summed E-state index contributed by atoms with van der Waals surface area (Å²) in [7, 11) is 0. The molecule has 2 aliphatic rings. The number of hydrogen-bond donors (Lipinski definition) is 2. The van der Waals surface area contributed by atoms with Crippen LogP contribution in [0.4, 0.5) is 0 Å². The van der Waals surface area contributed by atoms with Crippen molar-refractivity contribution in [3.8, 4) is 0 Å². The molecule has 90 valence electrons. The lowest BCUT2D eigenvalue weighted by molar-refractivity contribution is -0.138. The van der Waals surface area contributed by atoms with Gasteiger partial charge in [0, 0.05) is 12.1 Å². The highest BCUT2D eigenvalue weighted by Crippen LogP contribution is 2.11. The molecular weight excluding hydrogens is 222 g/mol. The summed E-state index contributed by atoms with van der Waals surface area (Å²) in [5, 5.41) is 8.82. The van der Waals surface area contributed by atoms with Crippen molar-refractivity contribution in [1.82, 2.24) is 0 Å². The minimum absolute atomic E-state index is 0.162.